The average Bonchev–Trinajstić information content (AvgIpc) is 2.36. The second kappa shape index (κ2) is 5.52. The number of nitrogens with two attached hydrogens (primary N) is 1. The van der Waals surface area contributed by atoms with E-state index in [2.05, 4.69) is 4.72 Å². The predicted octanol–water partition coefficient (Wildman–Crippen LogP) is 3.68. The Morgan fingerprint density at radius 1 is 1.10 bits per heavy atom. The zero-order valence-electron chi connectivity index (χ0n) is 10.5. The smallest absolute Gasteiger partial charge is 0.261 e. The number of halogens is 2. The second-order valence-electron chi connectivity index (χ2n) is 4.25. The summed E-state index contributed by atoms with van der Waals surface area (Å²) >= 11 is 11.7. The lowest BCUT2D eigenvalue weighted by molar-refractivity contribution is 0.601. The monoisotopic (exact) mass is 330 g/mol. The maximum Gasteiger partial charge on any atom is 0.261 e. The third-order valence-electron chi connectivity index (χ3n) is 2.70. The maximum absolute atomic E-state index is 12.2. The Kier molecular flexibility index (Phi) is 4.13. The highest BCUT2D eigenvalue weighted by molar-refractivity contribution is 7.92. The molecule has 0 saturated heterocycles. The van der Waals surface area contributed by atoms with Crippen LogP contribution in [0.5, 0.6) is 0 Å². The van der Waals surface area contributed by atoms with Crippen molar-refractivity contribution in [2.24, 2.45) is 0 Å². The molecule has 0 amide bonds. The molecule has 0 saturated carbocycles. The molecule has 7 heteroatoms. The molecule has 0 heterocycles. The highest BCUT2D eigenvalue weighted by atomic mass is 35.5. The predicted molar refractivity (Wildman–Crippen MR) is 82.9 cm³/mol. The topological polar surface area (TPSA) is 72.2 Å². The van der Waals surface area contributed by atoms with Crippen molar-refractivity contribution in [2.45, 2.75) is 11.8 Å². The van der Waals surface area contributed by atoms with Crippen molar-refractivity contribution in [1.29, 1.82) is 0 Å². The van der Waals surface area contributed by atoms with Crippen LogP contribution in [0.15, 0.2) is 41.3 Å². The molecule has 2 aromatic carbocycles. The van der Waals surface area contributed by atoms with E-state index in [9.17, 15) is 8.42 Å². The minimum absolute atomic E-state index is 0.0954. The van der Waals surface area contributed by atoms with Crippen LogP contribution in [0.4, 0.5) is 11.4 Å². The van der Waals surface area contributed by atoms with Crippen molar-refractivity contribution >= 4 is 44.6 Å². The summed E-state index contributed by atoms with van der Waals surface area (Å²) in [6.07, 6.45) is 0. The molecule has 0 unspecified atom stereocenters. The Morgan fingerprint density at radius 3 is 2.30 bits per heavy atom. The second-order valence-corrected chi connectivity index (χ2v) is 6.77. The summed E-state index contributed by atoms with van der Waals surface area (Å²) in [5.41, 5.74) is 7.12. The number of sulfonamides is 1. The molecule has 2 aromatic rings. The van der Waals surface area contributed by atoms with Crippen LogP contribution in [0, 0.1) is 6.92 Å². The van der Waals surface area contributed by atoms with Gasteiger partial charge in [0, 0.05) is 10.0 Å². The summed E-state index contributed by atoms with van der Waals surface area (Å²) < 4.78 is 26.8. The van der Waals surface area contributed by atoms with E-state index in [4.69, 9.17) is 28.9 Å². The number of rotatable bonds is 3. The molecule has 0 aromatic heterocycles. The zero-order chi connectivity index (χ0) is 14.9. The van der Waals surface area contributed by atoms with Gasteiger partial charge in [-0.05, 0) is 48.9 Å². The molecule has 0 atom stereocenters. The Bertz CT molecular complexity index is 744. The summed E-state index contributed by atoms with van der Waals surface area (Å²) in [5.74, 6) is 0. The van der Waals surface area contributed by atoms with Gasteiger partial charge < -0.3 is 5.73 Å². The molecule has 0 bridgehead atoms. The van der Waals surface area contributed by atoms with Crippen molar-refractivity contribution in [3.63, 3.8) is 0 Å². The van der Waals surface area contributed by atoms with Crippen LogP contribution in [0.1, 0.15) is 5.56 Å². The van der Waals surface area contributed by atoms with Gasteiger partial charge in [0.1, 0.15) is 0 Å². The lowest BCUT2D eigenvalue weighted by Crippen LogP contribution is -2.14. The van der Waals surface area contributed by atoms with Gasteiger partial charge in [0.05, 0.1) is 16.3 Å². The third-order valence-corrected chi connectivity index (χ3v) is 4.74. The van der Waals surface area contributed by atoms with E-state index in [1.54, 1.807) is 13.0 Å². The lowest BCUT2D eigenvalue weighted by Gasteiger charge is -2.12. The Balaban J connectivity index is 2.38. The third kappa shape index (κ3) is 3.17. The summed E-state index contributed by atoms with van der Waals surface area (Å²) in [5, 5.41) is 0.898. The summed E-state index contributed by atoms with van der Waals surface area (Å²) in [4.78, 5) is 0.0954. The molecule has 0 aliphatic heterocycles. The first-order valence-corrected chi connectivity index (χ1v) is 7.87. The van der Waals surface area contributed by atoms with E-state index < -0.39 is 10.0 Å². The van der Waals surface area contributed by atoms with E-state index in [0.717, 1.165) is 5.56 Å². The fraction of sp³-hybridized carbons (Fsp3) is 0.0769. The van der Waals surface area contributed by atoms with E-state index in [-0.39, 0.29) is 10.6 Å². The van der Waals surface area contributed by atoms with Crippen LogP contribution in [-0.2, 0) is 10.0 Å². The number of hydrogen-bond acceptors (Lipinski definition) is 3. The van der Waals surface area contributed by atoms with Gasteiger partial charge in [-0.15, -0.1) is 0 Å². The van der Waals surface area contributed by atoms with E-state index in [1.165, 1.54) is 30.3 Å². The molecule has 3 N–H and O–H groups in total. The fourth-order valence-electron chi connectivity index (χ4n) is 1.61. The summed E-state index contributed by atoms with van der Waals surface area (Å²) in [6, 6.07) is 8.93. The largest absolute Gasteiger partial charge is 0.397 e. The first-order valence-electron chi connectivity index (χ1n) is 5.63. The number of nitrogen functional groups attached to an aromatic ring is 1. The average molecular weight is 331 g/mol. The van der Waals surface area contributed by atoms with Gasteiger partial charge in [-0.25, -0.2) is 8.42 Å². The van der Waals surface area contributed by atoms with E-state index >= 15 is 0 Å². The molecule has 0 radical (unpaired) electrons. The standard InChI is InChI=1S/C13H12Cl2N2O2S/c1-8-6-12(16)13(7-11(8)15)17-20(18,19)10-4-2-9(14)3-5-10/h2-7,17H,16H2,1H3. The molecule has 106 valence electrons. The summed E-state index contributed by atoms with van der Waals surface area (Å²) in [7, 11) is -3.73. The molecule has 0 aliphatic carbocycles. The molecule has 4 nitrogen and oxygen atoms in total. The molecule has 2 rings (SSSR count). The summed E-state index contributed by atoms with van der Waals surface area (Å²) in [6.45, 7) is 1.79. The van der Waals surface area contributed by atoms with Crippen LogP contribution in [0.25, 0.3) is 0 Å². The Labute approximate surface area is 127 Å². The molecule has 20 heavy (non-hydrogen) atoms. The van der Waals surface area contributed by atoms with Crippen molar-refractivity contribution in [3.05, 3.63) is 52.0 Å². The van der Waals surface area contributed by atoms with Crippen molar-refractivity contribution in [3.8, 4) is 0 Å². The van der Waals surface area contributed by atoms with Gasteiger partial charge >= 0.3 is 0 Å². The van der Waals surface area contributed by atoms with Gasteiger partial charge in [0.15, 0.2) is 0 Å². The Hall–Kier alpha value is -1.43. The number of aryl methyl sites for hydroxylation is 1. The van der Waals surface area contributed by atoms with Gasteiger partial charge in [0.2, 0.25) is 0 Å². The minimum Gasteiger partial charge on any atom is -0.397 e. The quantitative estimate of drug-likeness (QED) is 0.843. The maximum atomic E-state index is 12.2. The Morgan fingerprint density at radius 2 is 1.70 bits per heavy atom. The first-order chi connectivity index (χ1) is 9.29. The van der Waals surface area contributed by atoms with Gasteiger partial charge in [-0.2, -0.15) is 0 Å². The molecule has 0 spiro atoms. The molecular formula is C13H12Cl2N2O2S. The van der Waals surface area contributed by atoms with Crippen molar-refractivity contribution in [1.82, 2.24) is 0 Å². The zero-order valence-corrected chi connectivity index (χ0v) is 12.9. The fourth-order valence-corrected chi connectivity index (χ4v) is 2.98. The van der Waals surface area contributed by atoms with E-state index in [0.29, 0.717) is 15.7 Å². The minimum atomic E-state index is -3.73. The van der Waals surface area contributed by atoms with Crippen LogP contribution in [0.3, 0.4) is 0 Å². The van der Waals surface area contributed by atoms with Crippen LogP contribution in [0.2, 0.25) is 10.0 Å². The normalized spacial score (nSPS) is 11.3. The van der Waals surface area contributed by atoms with Crippen LogP contribution < -0.4 is 10.5 Å². The SMILES string of the molecule is Cc1cc(N)c(NS(=O)(=O)c2ccc(Cl)cc2)cc1Cl. The van der Waals surface area contributed by atoms with E-state index in [1.807, 2.05) is 0 Å². The van der Waals surface area contributed by atoms with Crippen molar-refractivity contribution in [2.75, 3.05) is 10.5 Å². The molecule has 0 fully saturated rings. The highest BCUT2D eigenvalue weighted by Crippen LogP contribution is 2.28. The highest BCUT2D eigenvalue weighted by Gasteiger charge is 2.16. The number of anilines is 2. The van der Waals surface area contributed by atoms with Gasteiger partial charge in [-0.1, -0.05) is 23.2 Å². The van der Waals surface area contributed by atoms with Crippen LogP contribution >= 0.6 is 23.2 Å². The van der Waals surface area contributed by atoms with Crippen LogP contribution in [-0.4, -0.2) is 8.42 Å². The lowest BCUT2D eigenvalue weighted by atomic mass is 10.2. The molecular weight excluding hydrogens is 319 g/mol. The first kappa shape index (κ1) is 15.0. The number of nitrogens with one attached hydrogen (secondary N) is 1. The van der Waals surface area contributed by atoms with Gasteiger partial charge in [-0.3, -0.25) is 4.72 Å². The molecule has 0 aliphatic rings. The van der Waals surface area contributed by atoms with Gasteiger partial charge in [0.25, 0.3) is 10.0 Å². The van der Waals surface area contributed by atoms with Crippen molar-refractivity contribution < 1.29 is 8.42 Å². The number of benzene rings is 2. The number of hydrogen-bond donors (Lipinski definition) is 2.